The molecule has 2 saturated heterocycles. The highest BCUT2D eigenvalue weighted by Crippen LogP contribution is 2.30. The van der Waals surface area contributed by atoms with Gasteiger partial charge in [0.1, 0.15) is 5.78 Å². The summed E-state index contributed by atoms with van der Waals surface area (Å²) in [7, 11) is 0. The van der Waals surface area contributed by atoms with E-state index in [1.165, 1.54) is 0 Å². The van der Waals surface area contributed by atoms with E-state index in [1.54, 1.807) is 0 Å². The molecule has 2 unspecified atom stereocenters. The average Bonchev–Trinajstić information content (AvgIpc) is 2.83. The molecule has 172 valence electrons. The predicted molar refractivity (Wildman–Crippen MR) is 133 cm³/mol. The Bertz CT molecular complexity index is 792. The van der Waals surface area contributed by atoms with Gasteiger partial charge in [0.15, 0.2) is 0 Å². The molecule has 7 heteroatoms. The lowest BCUT2D eigenvalue weighted by Crippen LogP contribution is -2.44. The topological polar surface area (TPSA) is 42.0 Å². The molecule has 4 rings (SSSR count). The van der Waals surface area contributed by atoms with Crippen LogP contribution in [0.1, 0.15) is 23.0 Å². The number of Topliss-reactive ketones (excluding diaryl/α,β-unsaturated/α-hetero) is 1. The number of nitrogens with zero attached hydrogens (tertiary/aromatic N) is 2. The molecule has 2 fully saturated rings. The molecule has 5 nitrogen and oxygen atoms in total. The zero-order valence-electron chi connectivity index (χ0n) is 18.2. The van der Waals surface area contributed by atoms with E-state index in [2.05, 4.69) is 65.9 Å². The van der Waals surface area contributed by atoms with Gasteiger partial charge in [0.2, 0.25) is 0 Å². The number of halogens is 2. The highest BCUT2D eigenvalue weighted by atomic mass is 79.9. The molecule has 0 N–H and O–H groups in total. The van der Waals surface area contributed by atoms with E-state index in [9.17, 15) is 4.79 Å². The highest BCUT2D eigenvalue weighted by Gasteiger charge is 2.33. The van der Waals surface area contributed by atoms with Gasteiger partial charge in [0.05, 0.1) is 38.3 Å². The average molecular weight is 566 g/mol. The second-order valence-corrected chi connectivity index (χ2v) is 10.3. The Morgan fingerprint density at radius 1 is 0.688 bits per heavy atom. The summed E-state index contributed by atoms with van der Waals surface area (Å²) in [5.41, 5.74) is 2.16. The van der Waals surface area contributed by atoms with Crippen molar-refractivity contribution in [3.05, 3.63) is 68.6 Å². The molecule has 32 heavy (non-hydrogen) atoms. The molecule has 0 radical (unpaired) electrons. The minimum Gasteiger partial charge on any atom is -0.379 e. The highest BCUT2D eigenvalue weighted by molar-refractivity contribution is 9.10. The summed E-state index contributed by atoms with van der Waals surface area (Å²) in [5, 5.41) is 0. The molecule has 2 atom stereocenters. The van der Waals surface area contributed by atoms with Gasteiger partial charge in [-0.25, -0.2) is 0 Å². The molecule has 2 aliphatic rings. The number of hydrogen-bond donors (Lipinski definition) is 0. The molecule has 0 aliphatic carbocycles. The molecule has 2 heterocycles. The zero-order chi connectivity index (χ0) is 22.3. The lowest BCUT2D eigenvalue weighted by molar-refractivity contribution is -0.123. The Kier molecular flexibility index (Phi) is 8.91. The quantitative estimate of drug-likeness (QED) is 0.477. The number of rotatable bonds is 8. The van der Waals surface area contributed by atoms with Crippen LogP contribution in [-0.4, -0.2) is 81.3 Å². The van der Waals surface area contributed by atoms with Crippen molar-refractivity contribution in [3.8, 4) is 0 Å². The third-order valence-corrected chi connectivity index (χ3v) is 7.38. The van der Waals surface area contributed by atoms with Crippen molar-refractivity contribution < 1.29 is 14.3 Å². The minimum atomic E-state index is -0.184. The first kappa shape index (κ1) is 24.0. The fourth-order valence-corrected chi connectivity index (χ4v) is 4.96. The van der Waals surface area contributed by atoms with E-state index in [0.717, 1.165) is 85.8 Å². The summed E-state index contributed by atoms with van der Waals surface area (Å²) < 4.78 is 13.1. The van der Waals surface area contributed by atoms with Gasteiger partial charge < -0.3 is 9.47 Å². The lowest BCUT2D eigenvalue weighted by atomic mass is 9.82. The van der Waals surface area contributed by atoms with Gasteiger partial charge in [-0.3, -0.25) is 14.6 Å². The van der Waals surface area contributed by atoms with Crippen LogP contribution in [-0.2, 0) is 14.3 Å². The Morgan fingerprint density at radius 3 is 1.38 bits per heavy atom. The van der Waals surface area contributed by atoms with Gasteiger partial charge in [-0.15, -0.1) is 0 Å². The Hall–Kier alpha value is -1.09. The monoisotopic (exact) mass is 564 g/mol. The largest absolute Gasteiger partial charge is 0.379 e. The maximum atomic E-state index is 14.2. The van der Waals surface area contributed by atoms with Crippen LogP contribution in [0.5, 0.6) is 0 Å². The molecule has 2 aromatic carbocycles. The maximum Gasteiger partial charge on any atom is 0.150 e. The molecule has 2 aromatic rings. The summed E-state index contributed by atoms with van der Waals surface area (Å²) in [4.78, 5) is 18.9. The Labute approximate surface area is 207 Å². The summed E-state index contributed by atoms with van der Waals surface area (Å²) in [6.45, 7) is 7.82. The van der Waals surface area contributed by atoms with Gasteiger partial charge >= 0.3 is 0 Å². The van der Waals surface area contributed by atoms with Crippen LogP contribution in [0.15, 0.2) is 57.5 Å². The first-order chi connectivity index (χ1) is 15.6. The fourth-order valence-electron chi connectivity index (χ4n) is 4.44. The van der Waals surface area contributed by atoms with Crippen molar-refractivity contribution in [1.29, 1.82) is 0 Å². The van der Waals surface area contributed by atoms with Gasteiger partial charge in [-0.1, -0.05) is 56.1 Å². The third-order valence-electron chi connectivity index (χ3n) is 6.32. The van der Waals surface area contributed by atoms with Crippen LogP contribution in [0.2, 0.25) is 0 Å². The minimum absolute atomic E-state index is 0.184. The number of ketones is 1. The van der Waals surface area contributed by atoms with Crippen LogP contribution in [0.25, 0.3) is 0 Å². The van der Waals surface area contributed by atoms with E-state index < -0.39 is 0 Å². The maximum absolute atomic E-state index is 14.2. The number of hydrogen-bond acceptors (Lipinski definition) is 5. The second kappa shape index (κ2) is 11.9. The third kappa shape index (κ3) is 6.49. The Morgan fingerprint density at radius 2 is 1.03 bits per heavy atom. The van der Waals surface area contributed by atoms with Gasteiger partial charge in [-0.2, -0.15) is 0 Å². The van der Waals surface area contributed by atoms with Crippen molar-refractivity contribution >= 4 is 37.6 Å². The van der Waals surface area contributed by atoms with Crippen molar-refractivity contribution in [2.24, 2.45) is 0 Å². The van der Waals surface area contributed by atoms with Gasteiger partial charge in [-0.05, 0) is 35.4 Å². The summed E-state index contributed by atoms with van der Waals surface area (Å²) in [5.74, 6) is -0.0839. The Balaban J connectivity index is 1.63. The van der Waals surface area contributed by atoms with Crippen LogP contribution in [0.3, 0.4) is 0 Å². The number of ether oxygens (including phenoxy) is 2. The molecule has 0 aromatic heterocycles. The van der Waals surface area contributed by atoms with Gasteiger partial charge in [0, 0.05) is 48.2 Å². The number of morpholine rings is 2. The second-order valence-electron chi connectivity index (χ2n) is 8.44. The lowest BCUT2D eigenvalue weighted by Gasteiger charge is -2.34. The molecular formula is C25H30Br2N2O3. The van der Waals surface area contributed by atoms with Crippen LogP contribution >= 0.6 is 31.9 Å². The molecule has 2 aliphatic heterocycles. The number of benzene rings is 2. The fraction of sp³-hybridized carbons (Fsp3) is 0.480. The standard InChI is InChI=1S/C25H30Br2N2O3/c26-21-5-1-19(2-6-21)23(17-28-9-13-31-14-10-28)25(30)24(18-29-11-15-32-16-12-29)20-3-7-22(27)8-4-20/h1-8,23-24H,9-18H2. The first-order valence-electron chi connectivity index (χ1n) is 11.2. The van der Waals surface area contributed by atoms with Crippen LogP contribution < -0.4 is 0 Å². The predicted octanol–water partition coefficient (Wildman–Crippen LogP) is 4.31. The van der Waals surface area contributed by atoms with E-state index in [4.69, 9.17) is 9.47 Å². The van der Waals surface area contributed by atoms with Crippen molar-refractivity contribution in [2.75, 3.05) is 65.7 Å². The summed E-state index contributed by atoms with van der Waals surface area (Å²) in [6, 6.07) is 16.5. The molecule has 0 amide bonds. The van der Waals surface area contributed by atoms with E-state index >= 15 is 0 Å². The van der Waals surface area contributed by atoms with Crippen molar-refractivity contribution in [3.63, 3.8) is 0 Å². The zero-order valence-corrected chi connectivity index (χ0v) is 21.4. The summed E-state index contributed by atoms with van der Waals surface area (Å²) >= 11 is 7.07. The van der Waals surface area contributed by atoms with E-state index in [1.807, 2.05) is 24.3 Å². The van der Waals surface area contributed by atoms with Crippen molar-refractivity contribution in [1.82, 2.24) is 9.80 Å². The van der Waals surface area contributed by atoms with Crippen molar-refractivity contribution in [2.45, 2.75) is 11.8 Å². The smallest absolute Gasteiger partial charge is 0.150 e. The molecule has 0 bridgehead atoms. The molecule has 0 saturated carbocycles. The van der Waals surface area contributed by atoms with E-state index in [-0.39, 0.29) is 17.6 Å². The SMILES string of the molecule is O=C(C(CN1CCOCC1)c1ccc(Br)cc1)C(CN1CCOCC1)c1ccc(Br)cc1. The van der Waals surface area contributed by atoms with E-state index in [0.29, 0.717) is 0 Å². The molecule has 0 spiro atoms. The van der Waals surface area contributed by atoms with Crippen LogP contribution in [0, 0.1) is 0 Å². The first-order valence-corrected chi connectivity index (χ1v) is 12.8. The molecular weight excluding hydrogens is 536 g/mol. The number of carbonyl (C=O) groups is 1. The van der Waals surface area contributed by atoms with Crippen LogP contribution in [0.4, 0.5) is 0 Å². The number of carbonyl (C=O) groups excluding carboxylic acids is 1. The normalized spacial score (nSPS) is 20.1. The summed E-state index contributed by atoms with van der Waals surface area (Å²) in [6.07, 6.45) is 0. The van der Waals surface area contributed by atoms with Gasteiger partial charge in [0.25, 0.3) is 0 Å².